The van der Waals surface area contributed by atoms with Gasteiger partial charge in [0, 0.05) is 41.6 Å². The molecule has 0 bridgehead atoms. The van der Waals surface area contributed by atoms with Crippen molar-refractivity contribution >= 4 is 22.9 Å². The van der Waals surface area contributed by atoms with Crippen LogP contribution in [0.4, 0.5) is 5.69 Å². The minimum absolute atomic E-state index is 0.0520. The van der Waals surface area contributed by atoms with E-state index in [1.165, 1.54) is 23.5 Å². The van der Waals surface area contributed by atoms with E-state index < -0.39 is 4.92 Å². The smallest absolute Gasteiger partial charge is 0.269 e. The number of nitro groups is 1. The molecule has 28 heavy (non-hydrogen) atoms. The topological polar surface area (TPSA) is 94.4 Å². The second-order valence-corrected chi connectivity index (χ2v) is 6.84. The lowest BCUT2D eigenvalue weighted by Gasteiger charge is -2.06. The van der Waals surface area contributed by atoms with Crippen LogP contribution in [0.25, 0.3) is 11.3 Å². The lowest BCUT2D eigenvalue weighted by Crippen LogP contribution is -2.25. The molecule has 7 nitrogen and oxygen atoms in total. The lowest BCUT2D eigenvalue weighted by atomic mass is 10.1. The average molecular weight is 397 g/mol. The molecule has 0 atom stereocenters. The van der Waals surface area contributed by atoms with Crippen LogP contribution in [0.15, 0.2) is 53.9 Å². The van der Waals surface area contributed by atoms with E-state index in [0.29, 0.717) is 25.1 Å². The number of non-ortho nitro benzene ring substituents is 1. The number of aromatic nitrogens is 1. The molecule has 1 amide bonds. The summed E-state index contributed by atoms with van der Waals surface area (Å²) in [5, 5.41) is 16.4. The first-order valence-corrected chi connectivity index (χ1v) is 9.65. The molecule has 1 heterocycles. The summed E-state index contributed by atoms with van der Waals surface area (Å²) in [6.07, 6.45) is 0.612. The molecule has 0 fully saturated rings. The monoisotopic (exact) mass is 397 g/mol. The highest BCUT2D eigenvalue weighted by Crippen LogP contribution is 2.24. The first-order chi connectivity index (χ1) is 13.6. The summed E-state index contributed by atoms with van der Waals surface area (Å²) in [5.41, 5.74) is 2.23. The van der Waals surface area contributed by atoms with Gasteiger partial charge in [0.05, 0.1) is 22.2 Å². The number of nitrogens with zero attached hydrogens (tertiary/aromatic N) is 2. The Labute approximate surface area is 166 Å². The summed E-state index contributed by atoms with van der Waals surface area (Å²) >= 11 is 1.50. The Morgan fingerprint density at radius 1 is 1.18 bits per heavy atom. The molecule has 3 aromatic rings. The van der Waals surface area contributed by atoms with Gasteiger partial charge in [0.1, 0.15) is 5.75 Å². The number of nitro benzene ring substituents is 1. The van der Waals surface area contributed by atoms with Gasteiger partial charge in [-0.1, -0.05) is 0 Å². The maximum Gasteiger partial charge on any atom is 0.269 e. The van der Waals surface area contributed by atoms with Crippen molar-refractivity contribution in [2.75, 3.05) is 13.2 Å². The minimum Gasteiger partial charge on any atom is -0.494 e. The summed E-state index contributed by atoms with van der Waals surface area (Å²) in [5.74, 6) is 0.593. The Kier molecular flexibility index (Phi) is 6.33. The zero-order valence-electron chi connectivity index (χ0n) is 15.3. The molecule has 1 N–H and O–H groups in total. The van der Waals surface area contributed by atoms with E-state index in [1.807, 2.05) is 12.3 Å². The van der Waals surface area contributed by atoms with Crippen LogP contribution >= 0.6 is 11.3 Å². The molecule has 0 saturated carbocycles. The third kappa shape index (κ3) is 4.92. The molecule has 0 aliphatic rings. The van der Waals surface area contributed by atoms with Gasteiger partial charge in [0.2, 0.25) is 0 Å². The predicted octanol–water partition coefficient (Wildman–Crippen LogP) is 4.09. The maximum absolute atomic E-state index is 12.2. The van der Waals surface area contributed by atoms with Gasteiger partial charge in [0.25, 0.3) is 11.6 Å². The van der Waals surface area contributed by atoms with Crippen molar-refractivity contribution in [2.24, 2.45) is 0 Å². The van der Waals surface area contributed by atoms with Crippen molar-refractivity contribution in [3.05, 3.63) is 74.6 Å². The first kappa shape index (κ1) is 19.5. The van der Waals surface area contributed by atoms with Crippen LogP contribution in [0.2, 0.25) is 0 Å². The maximum atomic E-state index is 12.2. The van der Waals surface area contributed by atoms with Crippen LogP contribution in [0.1, 0.15) is 22.3 Å². The fourth-order valence-electron chi connectivity index (χ4n) is 2.57. The van der Waals surface area contributed by atoms with E-state index in [1.54, 1.807) is 36.4 Å². The number of ether oxygens (including phenoxy) is 1. The molecule has 0 unspecified atom stereocenters. The molecule has 0 saturated heterocycles. The van der Waals surface area contributed by atoms with Crippen molar-refractivity contribution < 1.29 is 14.5 Å². The quantitative estimate of drug-likeness (QED) is 0.456. The zero-order valence-corrected chi connectivity index (χ0v) is 16.1. The van der Waals surface area contributed by atoms with Gasteiger partial charge in [-0.25, -0.2) is 4.98 Å². The molecule has 2 aromatic carbocycles. The summed E-state index contributed by atoms with van der Waals surface area (Å²) in [6, 6.07) is 13.3. The average Bonchev–Trinajstić information content (AvgIpc) is 3.18. The fourth-order valence-corrected chi connectivity index (χ4v) is 3.37. The van der Waals surface area contributed by atoms with Crippen LogP contribution in [0.5, 0.6) is 5.75 Å². The van der Waals surface area contributed by atoms with E-state index in [4.69, 9.17) is 4.74 Å². The Hall–Kier alpha value is -3.26. The molecular weight excluding hydrogens is 378 g/mol. The van der Waals surface area contributed by atoms with Gasteiger partial charge in [-0.05, 0) is 43.3 Å². The standard InChI is InChI=1S/C20H19N3O4S/c1-2-27-17-9-5-15(6-10-17)20(24)21-12-11-19-22-18(13-28-19)14-3-7-16(8-4-14)23(25)26/h3-10,13H,2,11-12H2,1H3,(H,21,24). The Balaban J connectivity index is 1.52. The van der Waals surface area contributed by atoms with Crippen molar-refractivity contribution in [1.29, 1.82) is 0 Å². The normalized spacial score (nSPS) is 10.5. The van der Waals surface area contributed by atoms with Crippen LogP contribution in [-0.4, -0.2) is 29.0 Å². The number of amides is 1. The number of carbonyl (C=O) groups excluding carboxylic acids is 1. The first-order valence-electron chi connectivity index (χ1n) is 8.77. The molecule has 0 aliphatic carbocycles. The molecule has 0 radical (unpaired) electrons. The number of hydrogen-bond acceptors (Lipinski definition) is 6. The third-order valence-electron chi connectivity index (χ3n) is 3.98. The molecular formula is C20H19N3O4S. The number of benzene rings is 2. The summed E-state index contributed by atoms with van der Waals surface area (Å²) < 4.78 is 5.36. The summed E-state index contributed by atoms with van der Waals surface area (Å²) in [7, 11) is 0. The van der Waals surface area contributed by atoms with Gasteiger partial charge >= 0.3 is 0 Å². The Bertz CT molecular complexity index is 952. The van der Waals surface area contributed by atoms with E-state index >= 15 is 0 Å². The number of hydrogen-bond donors (Lipinski definition) is 1. The predicted molar refractivity (Wildman–Crippen MR) is 108 cm³/mol. The van der Waals surface area contributed by atoms with Crippen molar-refractivity contribution in [3.8, 4) is 17.0 Å². The Morgan fingerprint density at radius 3 is 2.54 bits per heavy atom. The van der Waals surface area contributed by atoms with Gasteiger partial charge in [-0.15, -0.1) is 11.3 Å². The number of carbonyl (C=O) groups is 1. The second-order valence-electron chi connectivity index (χ2n) is 5.89. The van der Waals surface area contributed by atoms with Gasteiger partial charge in [-0.2, -0.15) is 0 Å². The van der Waals surface area contributed by atoms with Gasteiger partial charge < -0.3 is 10.1 Å². The molecule has 1 aromatic heterocycles. The number of nitrogens with one attached hydrogen (secondary N) is 1. The second kappa shape index (κ2) is 9.09. The van der Waals surface area contributed by atoms with E-state index in [0.717, 1.165) is 22.0 Å². The molecule has 144 valence electrons. The van der Waals surface area contributed by atoms with Gasteiger partial charge in [-0.3, -0.25) is 14.9 Å². The van der Waals surface area contributed by atoms with E-state index in [-0.39, 0.29) is 11.6 Å². The van der Waals surface area contributed by atoms with Crippen LogP contribution in [0, 0.1) is 10.1 Å². The SMILES string of the molecule is CCOc1ccc(C(=O)NCCc2nc(-c3ccc([N+](=O)[O-])cc3)cs2)cc1. The molecule has 0 spiro atoms. The van der Waals surface area contributed by atoms with Crippen LogP contribution in [0.3, 0.4) is 0 Å². The van der Waals surface area contributed by atoms with E-state index in [2.05, 4.69) is 10.3 Å². The summed E-state index contributed by atoms with van der Waals surface area (Å²) in [4.78, 5) is 27.0. The Morgan fingerprint density at radius 2 is 1.89 bits per heavy atom. The lowest BCUT2D eigenvalue weighted by molar-refractivity contribution is -0.384. The molecule has 0 aliphatic heterocycles. The van der Waals surface area contributed by atoms with Crippen molar-refractivity contribution in [1.82, 2.24) is 10.3 Å². The highest BCUT2D eigenvalue weighted by atomic mass is 32.1. The number of rotatable bonds is 8. The van der Waals surface area contributed by atoms with E-state index in [9.17, 15) is 14.9 Å². The van der Waals surface area contributed by atoms with Crippen molar-refractivity contribution in [2.45, 2.75) is 13.3 Å². The van der Waals surface area contributed by atoms with Crippen LogP contribution in [-0.2, 0) is 6.42 Å². The molecule has 3 rings (SSSR count). The summed E-state index contributed by atoms with van der Waals surface area (Å²) in [6.45, 7) is 2.97. The van der Waals surface area contributed by atoms with Gasteiger partial charge in [0.15, 0.2) is 0 Å². The highest BCUT2D eigenvalue weighted by Gasteiger charge is 2.09. The number of thiazole rings is 1. The largest absolute Gasteiger partial charge is 0.494 e. The fraction of sp³-hybridized carbons (Fsp3) is 0.200. The zero-order chi connectivity index (χ0) is 19.9. The third-order valence-corrected chi connectivity index (χ3v) is 4.89. The molecule has 8 heteroatoms. The van der Waals surface area contributed by atoms with Crippen molar-refractivity contribution in [3.63, 3.8) is 0 Å². The minimum atomic E-state index is -0.427. The highest BCUT2D eigenvalue weighted by molar-refractivity contribution is 7.09. The van der Waals surface area contributed by atoms with Crippen LogP contribution < -0.4 is 10.1 Å².